The van der Waals surface area contributed by atoms with Gasteiger partial charge in [-0.15, -0.1) is 0 Å². The Hall–Kier alpha value is -1.57. The first kappa shape index (κ1) is 16.8. The van der Waals surface area contributed by atoms with Gasteiger partial charge in [0.15, 0.2) is 11.5 Å². The van der Waals surface area contributed by atoms with E-state index in [4.69, 9.17) is 9.47 Å². The number of sulfonamides is 1. The first-order valence-corrected chi connectivity index (χ1v) is 8.70. The molecule has 0 amide bonds. The molecular weight excluding hydrogens is 370 g/mol. The van der Waals surface area contributed by atoms with Gasteiger partial charge in [0.05, 0.1) is 19.1 Å². The van der Waals surface area contributed by atoms with Crippen molar-refractivity contribution < 1.29 is 17.9 Å². The molecule has 0 aromatic heterocycles. The van der Waals surface area contributed by atoms with Crippen molar-refractivity contribution >= 4 is 26.0 Å². The van der Waals surface area contributed by atoms with Crippen LogP contribution in [0.15, 0.2) is 51.8 Å². The Labute approximate surface area is 138 Å². The van der Waals surface area contributed by atoms with Gasteiger partial charge in [-0.25, -0.2) is 13.1 Å². The molecule has 0 bridgehead atoms. The van der Waals surface area contributed by atoms with Gasteiger partial charge < -0.3 is 9.47 Å². The lowest BCUT2D eigenvalue weighted by atomic mass is 10.2. The number of rotatable bonds is 6. The molecule has 0 unspecified atom stereocenters. The Morgan fingerprint density at radius 2 is 1.64 bits per heavy atom. The third-order valence-electron chi connectivity index (χ3n) is 3.04. The summed E-state index contributed by atoms with van der Waals surface area (Å²) < 4.78 is 38.4. The lowest BCUT2D eigenvalue weighted by molar-refractivity contribution is 0.354. The third-order valence-corrected chi connectivity index (χ3v) is 4.97. The van der Waals surface area contributed by atoms with Crippen LogP contribution in [0.5, 0.6) is 11.5 Å². The maximum Gasteiger partial charge on any atom is 0.241 e. The molecule has 0 saturated heterocycles. The Morgan fingerprint density at radius 1 is 1.00 bits per heavy atom. The number of hydrogen-bond acceptors (Lipinski definition) is 4. The molecule has 0 atom stereocenters. The molecule has 7 heteroatoms. The highest BCUT2D eigenvalue weighted by atomic mass is 79.9. The Morgan fingerprint density at radius 3 is 2.23 bits per heavy atom. The number of methoxy groups -OCH3 is 2. The highest BCUT2D eigenvalue weighted by Crippen LogP contribution is 2.29. The Kier molecular flexibility index (Phi) is 5.44. The van der Waals surface area contributed by atoms with Crippen LogP contribution in [0.1, 0.15) is 5.56 Å². The SMILES string of the molecule is COc1ccc(S(=O)(=O)NCc2ccc(Br)cc2)cc1OC. The van der Waals surface area contributed by atoms with Crippen LogP contribution in [0.25, 0.3) is 0 Å². The van der Waals surface area contributed by atoms with E-state index in [0.717, 1.165) is 10.0 Å². The standard InChI is InChI=1S/C15H16BrNO4S/c1-20-14-8-7-13(9-15(14)21-2)22(18,19)17-10-11-3-5-12(16)6-4-11/h3-9,17H,10H2,1-2H3. The van der Waals surface area contributed by atoms with Gasteiger partial charge in [0.2, 0.25) is 10.0 Å². The summed E-state index contributed by atoms with van der Waals surface area (Å²) in [7, 11) is -0.664. The van der Waals surface area contributed by atoms with Crippen LogP contribution < -0.4 is 14.2 Å². The van der Waals surface area contributed by atoms with Crippen molar-refractivity contribution in [1.29, 1.82) is 0 Å². The van der Waals surface area contributed by atoms with Crippen molar-refractivity contribution in [3.63, 3.8) is 0 Å². The molecule has 0 spiro atoms. The zero-order valence-electron chi connectivity index (χ0n) is 12.2. The minimum Gasteiger partial charge on any atom is -0.493 e. The summed E-state index contributed by atoms with van der Waals surface area (Å²) in [5, 5.41) is 0. The van der Waals surface area contributed by atoms with E-state index in [-0.39, 0.29) is 11.4 Å². The van der Waals surface area contributed by atoms with Gasteiger partial charge in [-0.3, -0.25) is 0 Å². The van der Waals surface area contributed by atoms with Crippen molar-refractivity contribution in [1.82, 2.24) is 4.72 Å². The fourth-order valence-corrected chi connectivity index (χ4v) is 3.14. The van der Waals surface area contributed by atoms with Crippen LogP contribution in [0.3, 0.4) is 0 Å². The second kappa shape index (κ2) is 7.13. The first-order valence-electron chi connectivity index (χ1n) is 6.42. The summed E-state index contributed by atoms with van der Waals surface area (Å²) in [6.45, 7) is 0.212. The van der Waals surface area contributed by atoms with Crippen molar-refractivity contribution in [3.8, 4) is 11.5 Å². The number of hydrogen-bond donors (Lipinski definition) is 1. The summed E-state index contributed by atoms with van der Waals surface area (Å²) in [4.78, 5) is 0.127. The van der Waals surface area contributed by atoms with Gasteiger partial charge in [-0.1, -0.05) is 28.1 Å². The number of benzene rings is 2. The van der Waals surface area contributed by atoms with Gasteiger partial charge in [0.25, 0.3) is 0 Å². The van der Waals surface area contributed by atoms with Crippen LogP contribution in [0.2, 0.25) is 0 Å². The maximum atomic E-state index is 12.3. The molecule has 2 aromatic carbocycles. The summed E-state index contributed by atoms with van der Waals surface area (Å²) in [5.41, 5.74) is 0.868. The van der Waals surface area contributed by atoms with Crippen molar-refractivity contribution in [2.24, 2.45) is 0 Å². The fourth-order valence-electron chi connectivity index (χ4n) is 1.85. The monoisotopic (exact) mass is 385 g/mol. The summed E-state index contributed by atoms with van der Waals surface area (Å²) >= 11 is 3.34. The zero-order chi connectivity index (χ0) is 16.2. The second-order valence-electron chi connectivity index (χ2n) is 4.47. The topological polar surface area (TPSA) is 64.6 Å². The van der Waals surface area contributed by atoms with Gasteiger partial charge in [-0.05, 0) is 29.8 Å². The van der Waals surface area contributed by atoms with Crippen LogP contribution >= 0.6 is 15.9 Å². The van der Waals surface area contributed by atoms with E-state index in [9.17, 15) is 8.42 Å². The van der Waals surface area contributed by atoms with E-state index in [0.29, 0.717) is 11.5 Å². The molecule has 0 aliphatic rings. The van der Waals surface area contributed by atoms with E-state index in [1.54, 1.807) is 6.07 Å². The van der Waals surface area contributed by atoms with E-state index >= 15 is 0 Å². The molecule has 0 aliphatic heterocycles. The predicted octanol–water partition coefficient (Wildman–Crippen LogP) is 2.94. The number of nitrogens with one attached hydrogen (secondary N) is 1. The molecule has 0 saturated carbocycles. The van der Waals surface area contributed by atoms with Crippen molar-refractivity contribution in [2.75, 3.05) is 14.2 Å². The predicted molar refractivity (Wildman–Crippen MR) is 87.7 cm³/mol. The smallest absolute Gasteiger partial charge is 0.241 e. The average Bonchev–Trinajstić information content (AvgIpc) is 2.53. The van der Waals surface area contributed by atoms with E-state index < -0.39 is 10.0 Å². The van der Waals surface area contributed by atoms with Gasteiger partial charge in [0, 0.05) is 17.1 Å². The van der Waals surface area contributed by atoms with E-state index in [1.807, 2.05) is 24.3 Å². The average molecular weight is 386 g/mol. The van der Waals surface area contributed by atoms with E-state index in [1.165, 1.54) is 26.4 Å². The molecule has 0 aliphatic carbocycles. The van der Waals surface area contributed by atoms with Crippen molar-refractivity contribution in [3.05, 3.63) is 52.5 Å². The van der Waals surface area contributed by atoms with Gasteiger partial charge in [0.1, 0.15) is 0 Å². The minimum absolute atomic E-state index is 0.127. The summed E-state index contributed by atoms with van der Waals surface area (Å²) in [5.74, 6) is 0.850. The summed E-state index contributed by atoms with van der Waals surface area (Å²) in [6, 6.07) is 11.9. The molecule has 0 fully saturated rings. The molecule has 22 heavy (non-hydrogen) atoms. The van der Waals surface area contributed by atoms with Crippen LogP contribution in [0.4, 0.5) is 0 Å². The lowest BCUT2D eigenvalue weighted by Gasteiger charge is -2.11. The lowest BCUT2D eigenvalue weighted by Crippen LogP contribution is -2.23. The molecule has 5 nitrogen and oxygen atoms in total. The normalized spacial score (nSPS) is 11.2. The molecule has 2 rings (SSSR count). The van der Waals surface area contributed by atoms with Gasteiger partial charge in [-0.2, -0.15) is 0 Å². The summed E-state index contributed by atoms with van der Waals surface area (Å²) in [6.07, 6.45) is 0. The first-order chi connectivity index (χ1) is 10.5. The molecule has 1 N–H and O–H groups in total. The highest BCUT2D eigenvalue weighted by molar-refractivity contribution is 9.10. The Bertz CT molecular complexity index is 745. The van der Waals surface area contributed by atoms with Crippen LogP contribution in [0, 0.1) is 0 Å². The Balaban J connectivity index is 2.17. The number of ether oxygens (including phenoxy) is 2. The highest BCUT2D eigenvalue weighted by Gasteiger charge is 2.16. The minimum atomic E-state index is -3.62. The third kappa shape index (κ3) is 4.00. The maximum absolute atomic E-state index is 12.3. The number of halogens is 1. The van der Waals surface area contributed by atoms with Crippen LogP contribution in [-0.2, 0) is 16.6 Å². The molecule has 118 valence electrons. The van der Waals surface area contributed by atoms with E-state index in [2.05, 4.69) is 20.7 Å². The second-order valence-corrected chi connectivity index (χ2v) is 7.15. The fraction of sp³-hybridized carbons (Fsp3) is 0.200. The molecule has 2 aromatic rings. The quantitative estimate of drug-likeness (QED) is 0.829. The van der Waals surface area contributed by atoms with Crippen molar-refractivity contribution in [2.45, 2.75) is 11.4 Å². The molecule has 0 radical (unpaired) electrons. The largest absolute Gasteiger partial charge is 0.493 e. The molecule has 0 heterocycles. The zero-order valence-corrected chi connectivity index (χ0v) is 14.6. The van der Waals surface area contributed by atoms with Crippen LogP contribution in [-0.4, -0.2) is 22.6 Å². The molecular formula is C15H16BrNO4S. The van der Waals surface area contributed by atoms with Gasteiger partial charge >= 0.3 is 0 Å².